The number of nitrogens with one attached hydrogen (secondary N) is 1. The minimum Gasteiger partial charge on any atom is -1.00 e. The van der Waals surface area contributed by atoms with Gasteiger partial charge in [0.05, 0.1) is 0 Å². The predicted octanol–water partition coefficient (Wildman–Crippen LogP) is 3.06. The Morgan fingerprint density at radius 3 is 1.89 bits per heavy atom. The van der Waals surface area contributed by atoms with E-state index in [1.165, 1.54) is 6.07 Å². The van der Waals surface area contributed by atoms with E-state index >= 15 is 0 Å². The summed E-state index contributed by atoms with van der Waals surface area (Å²) in [7, 11) is 0. The molecule has 0 fully saturated rings. The second-order valence-electron chi connectivity index (χ2n) is 3.56. The zero-order valence-electron chi connectivity index (χ0n) is 12.0. The monoisotopic (exact) mass is 234 g/mol. The number of rotatable bonds is 0. The summed E-state index contributed by atoms with van der Waals surface area (Å²) in [6, 6.07) is 23.0. The van der Waals surface area contributed by atoms with E-state index in [0.29, 0.717) is 0 Å². The van der Waals surface area contributed by atoms with Gasteiger partial charge in [0.15, 0.2) is 0 Å². The fraction of sp³-hybridized carbons (Fsp3) is 0. The van der Waals surface area contributed by atoms with Gasteiger partial charge in [-0.25, -0.2) is 0 Å². The number of pyridine rings is 1. The number of aromatic amines is 1. The molecule has 3 aromatic rings. The first kappa shape index (κ1) is 13.9. The second kappa shape index (κ2) is 7.20. The number of para-hydroxylation sites is 1. The van der Waals surface area contributed by atoms with Crippen molar-refractivity contribution >= 4 is 21.0 Å². The van der Waals surface area contributed by atoms with Gasteiger partial charge >= 0.3 is 10.1 Å². The first-order chi connectivity index (χ1) is 8.36. The van der Waals surface area contributed by atoms with Crippen molar-refractivity contribution in [1.29, 1.82) is 0 Å². The average molecular weight is 234 g/mol. The number of hydrogen-bond acceptors (Lipinski definition) is 1. The molecule has 0 atom stereocenters. The van der Waals surface area contributed by atoms with Gasteiger partial charge < -0.3 is 7.84 Å². The van der Waals surface area contributed by atoms with E-state index in [0.717, 1.165) is 10.9 Å². The topological polar surface area (TPSA) is 32.9 Å². The summed E-state index contributed by atoms with van der Waals surface area (Å²) in [6.07, 6.45) is 0. The third kappa shape index (κ3) is 4.00. The van der Waals surface area contributed by atoms with Gasteiger partial charge in [0, 0.05) is 11.6 Å². The molecule has 18 heavy (non-hydrogen) atoms. The van der Waals surface area contributed by atoms with E-state index in [2.05, 4.69) is 4.98 Å². The Morgan fingerprint density at radius 1 is 0.722 bits per heavy atom. The molecule has 0 aliphatic rings. The van der Waals surface area contributed by atoms with Crippen LogP contribution in [-0.4, -0.2) is 15.1 Å². The molecule has 3 heteroatoms. The van der Waals surface area contributed by atoms with Gasteiger partial charge in [-0.1, -0.05) is 54.6 Å². The Kier molecular flexibility index (Phi) is 5.56. The molecule has 88 valence electrons. The van der Waals surface area contributed by atoms with Crippen LogP contribution >= 0.6 is 0 Å². The summed E-state index contributed by atoms with van der Waals surface area (Å²) in [5, 5.41) is 1.06. The van der Waals surface area contributed by atoms with Gasteiger partial charge in [-0.05, 0) is 17.5 Å². The molecule has 0 bridgehead atoms. The molecule has 0 saturated carbocycles. The van der Waals surface area contributed by atoms with Crippen molar-refractivity contribution < 1.29 is 2.85 Å². The third-order valence-electron chi connectivity index (χ3n) is 2.30. The van der Waals surface area contributed by atoms with Crippen LogP contribution in [-0.2, 0) is 0 Å². The van der Waals surface area contributed by atoms with Crippen LogP contribution in [0.1, 0.15) is 2.85 Å². The molecule has 0 aliphatic carbocycles. The number of H-pyrrole nitrogens is 1. The van der Waals surface area contributed by atoms with Crippen LogP contribution in [0.4, 0.5) is 0 Å². The minimum absolute atomic E-state index is 0. The normalized spacial score (nSPS) is 8.89. The SMILES string of the molecule is O=c1ccc2ccccc2[nH]1.[Be+2].[H-].[H-].c1ccccc1. The van der Waals surface area contributed by atoms with Crippen LogP contribution in [0, 0.1) is 0 Å². The number of benzene rings is 2. The third-order valence-corrected chi connectivity index (χ3v) is 2.30. The standard InChI is InChI=1S/C9H7NO.C6H6.Be.2H/c11-9-6-5-7-3-1-2-4-8(7)10-9;1-2-4-6-5-3-1;;;/h1-6H,(H,10,11);1-6H;;;/q;;+2;2*-1. The summed E-state index contributed by atoms with van der Waals surface area (Å²) >= 11 is 0. The number of aromatic nitrogens is 1. The van der Waals surface area contributed by atoms with Gasteiger partial charge in [-0.3, -0.25) is 4.79 Å². The van der Waals surface area contributed by atoms with E-state index < -0.39 is 0 Å². The van der Waals surface area contributed by atoms with Crippen LogP contribution in [0.2, 0.25) is 0 Å². The molecule has 1 N–H and O–H groups in total. The van der Waals surface area contributed by atoms with Gasteiger partial charge in [-0.15, -0.1) is 0 Å². The van der Waals surface area contributed by atoms with Crippen LogP contribution in [0.15, 0.2) is 77.6 Å². The Hall–Kier alpha value is -2.18. The summed E-state index contributed by atoms with van der Waals surface area (Å²) in [6.45, 7) is 0. The van der Waals surface area contributed by atoms with E-state index in [4.69, 9.17) is 0 Å². The van der Waals surface area contributed by atoms with Crippen molar-refractivity contribution in [3.8, 4) is 0 Å². The molecule has 1 aromatic heterocycles. The van der Waals surface area contributed by atoms with Gasteiger partial charge in [-0.2, -0.15) is 0 Å². The summed E-state index contributed by atoms with van der Waals surface area (Å²) in [5.41, 5.74) is 0.837. The fourth-order valence-electron chi connectivity index (χ4n) is 1.48. The maximum Gasteiger partial charge on any atom is 2.00 e. The molecular formula is C15H15BeNO. The van der Waals surface area contributed by atoms with Crippen molar-refractivity contribution in [2.75, 3.05) is 0 Å². The van der Waals surface area contributed by atoms with Crippen LogP contribution in [0.5, 0.6) is 0 Å². The summed E-state index contributed by atoms with van der Waals surface area (Å²) in [5.74, 6) is 0. The summed E-state index contributed by atoms with van der Waals surface area (Å²) < 4.78 is 0. The van der Waals surface area contributed by atoms with Crippen LogP contribution in [0.3, 0.4) is 0 Å². The van der Waals surface area contributed by atoms with Crippen molar-refractivity contribution in [1.82, 2.24) is 4.98 Å². The molecule has 3 rings (SSSR count). The Balaban J connectivity index is 0. The molecule has 0 unspecified atom stereocenters. The largest absolute Gasteiger partial charge is 2.00 e. The Morgan fingerprint density at radius 2 is 1.28 bits per heavy atom. The smallest absolute Gasteiger partial charge is 1.00 e. The molecule has 0 spiro atoms. The van der Waals surface area contributed by atoms with E-state index in [9.17, 15) is 4.79 Å². The molecule has 0 saturated heterocycles. The minimum atomic E-state index is -0.0521. The molecular weight excluding hydrogens is 219 g/mol. The first-order valence-electron chi connectivity index (χ1n) is 5.44. The molecule has 0 radical (unpaired) electrons. The van der Waals surface area contributed by atoms with Crippen molar-refractivity contribution in [2.24, 2.45) is 0 Å². The number of fused-ring (bicyclic) bond motifs is 1. The maximum absolute atomic E-state index is 10.8. The second-order valence-corrected chi connectivity index (χ2v) is 3.56. The molecule has 2 nitrogen and oxygen atoms in total. The van der Waals surface area contributed by atoms with E-state index in [-0.39, 0.29) is 18.5 Å². The van der Waals surface area contributed by atoms with Gasteiger partial charge in [0.1, 0.15) is 0 Å². The maximum atomic E-state index is 10.8. The fourth-order valence-corrected chi connectivity index (χ4v) is 1.48. The first-order valence-corrected chi connectivity index (χ1v) is 5.44. The average Bonchev–Trinajstić information content (AvgIpc) is 2.41. The van der Waals surface area contributed by atoms with Gasteiger partial charge in [0.25, 0.3) is 0 Å². The van der Waals surface area contributed by atoms with E-state index in [1.54, 1.807) is 0 Å². The molecule has 0 aliphatic heterocycles. The van der Waals surface area contributed by atoms with Crippen molar-refractivity contribution in [3.63, 3.8) is 0 Å². The summed E-state index contributed by atoms with van der Waals surface area (Å²) in [4.78, 5) is 13.6. The number of hydrogen-bond donors (Lipinski definition) is 1. The van der Waals surface area contributed by atoms with Crippen LogP contribution < -0.4 is 5.56 Å². The quantitative estimate of drug-likeness (QED) is 0.596. The zero-order chi connectivity index (χ0) is 11.9. The van der Waals surface area contributed by atoms with E-state index in [1.807, 2.05) is 66.7 Å². The molecule has 0 amide bonds. The molecule has 2 aromatic carbocycles. The predicted molar refractivity (Wildman–Crippen MR) is 79.0 cm³/mol. The zero-order valence-corrected chi connectivity index (χ0v) is 10.0. The van der Waals surface area contributed by atoms with Crippen molar-refractivity contribution in [2.45, 2.75) is 0 Å². The Labute approximate surface area is 112 Å². The van der Waals surface area contributed by atoms with Gasteiger partial charge in [0.2, 0.25) is 5.56 Å². The Bertz CT molecular complexity index is 617. The van der Waals surface area contributed by atoms with Crippen LogP contribution in [0.25, 0.3) is 10.9 Å². The van der Waals surface area contributed by atoms with Crippen molar-refractivity contribution in [3.05, 3.63) is 83.2 Å². The molecule has 1 heterocycles.